The van der Waals surface area contributed by atoms with Crippen molar-refractivity contribution < 1.29 is 19.4 Å². The Labute approximate surface area is 129 Å². The minimum Gasteiger partial charge on any atom is -0.489 e. The highest BCUT2D eigenvalue weighted by Gasteiger charge is 2.42. The molecule has 1 fully saturated rings. The maximum atomic E-state index is 11.9. The first-order valence-electron chi connectivity index (χ1n) is 7.46. The van der Waals surface area contributed by atoms with Gasteiger partial charge in [0.05, 0.1) is 23.7 Å². The number of rotatable bonds is 2. The van der Waals surface area contributed by atoms with Gasteiger partial charge in [0.1, 0.15) is 0 Å². The molecule has 1 aliphatic heterocycles. The molecule has 0 unspecified atom stereocenters. The van der Waals surface area contributed by atoms with Crippen molar-refractivity contribution in [2.24, 2.45) is 0 Å². The minimum atomic E-state index is -0.841. The van der Waals surface area contributed by atoms with Crippen LogP contribution in [0.4, 0.5) is 0 Å². The second kappa shape index (κ2) is 5.76. The Morgan fingerprint density at radius 2 is 1.81 bits per heavy atom. The Hall–Kier alpha value is -1.42. The number of fused-ring (bicyclic) bond motifs is 1. The standard InChI is InChI=1S/C16H19ClO4/c17-12-9-11(10-13-14(12)21-8-4-7-20-13)16(15(18)19)5-2-1-3-6-16/h9-10H,1-8H2,(H,18,19). The molecule has 3 rings (SSSR count). The third kappa shape index (κ3) is 2.57. The van der Waals surface area contributed by atoms with Crippen LogP contribution < -0.4 is 9.47 Å². The molecule has 0 saturated heterocycles. The van der Waals surface area contributed by atoms with Crippen LogP contribution in [0.25, 0.3) is 0 Å². The molecule has 0 radical (unpaired) electrons. The van der Waals surface area contributed by atoms with Crippen molar-refractivity contribution in [3.05, 3.63) is 22.7 Å². The highest BCUT2D eigenvalue weighted by molar-refractivity contribution is 6.32. The Kier molecular flexibility index (Phi) is 3.98. The highest BCUT2D eigenvalue weighted by atomic mass is 35.5. The van der Waals surface area contributed by atoms with Gasteiger partial charge in [0.25, 0.3) is 0 Å². The molecule has 2 aliphatic rings. The summed E-state index contributed by atoms with van der Waals surface area (Å²) in [6, 6.07) is 3.56. The van der Waals surface area contributed by atoms with E-state index in [9.17, 15) is 9.90 Å². The molecule has 114 valence electrons. The largest absolute Gasteiger partial charge is 0.489 e. The number of carbonyl (C=O) groups is 1. The zero-order valence-corrected chi connectivity index (χ0v) is 12.6. The molecule has 0 spiro atoms. The van der Waals surface area contributed by atoms with Crippen LogP contribution in [0.3, 0.4) is 0 Å². The van der Waals surface area contributed by atoms with E-state index < -0.39 is 11.4 Å². The van der Waals surface area contributed by atoms with E-state index in [2.05, 4.69) is 0 Å². The number of benzene rings is 1. The average molecular weight is 311 g/mol. The molecule has 1 aliphatic carbocycles. The third-order valence-corrected chi connectivity index (χ3v) is 4.75. The molecule has 0 atom stereocenters. The van der Waals surface area contributed by atoms with E-state index in [4.69, 9.17) is 21.1 Å². The van der Waals surface area contributed by atoms with Gasteiger partial charge >= 0.3 is 5.97 Å². The Balaban J connectivity index is 2.07. The molecule has 4 nitrogen and oxygen atoms in total. The number of hydrogen-bond donors (Lipinski definition) is 1. The monoisotopic (exact) mass is 310 g/mol. The first kappa shape index (κ1) is 14.5. The highest BCUT2D eigenvalue weighted by Crippen LogP contribution is 2.46. The predicted octanol–water partition coefficient (Wildman–Crippen LogP) is 3.79. The number of ether oxygens (including phenoxy) is 2. The van der Waals surface area contributed by atoms with Crippen molar-refractivity contribution in [3.8, 4) is 11.5 Å². The van der Waals surface area contributed by atoms with Gasteiger partial charge in [0, 0.05) is 6.42 Å². The van der Waals surface area contributed by atoms with Crippen molar-refractivity contribution in [1.29, 1.82) is 0 Å². The lowest BCUT2D eigenvalue weighted by atomic mass is 9.69. The van der Waals surface area contributed by atoms with Gasteiger partial charge in [-0.2, -0.15) is 0 Å². The fraction of sp³-hybridized carbons (Fsp3) is 0.562. The lowest BCUT2D eigenvalue weighted by Gasteiger charge is -2.34. The quantitative estimate of drug-likeness (QED) is 0.903. The van der Waals surface area contributed by atoms with Crippen molar-refractivity contribution in [2.75, 3.05) is 13.2 Å². The average Bonchev–Trinajstić information content (AvgIpc) is 2.73. The van der Waals surface area contributed by atoms with Crippen LogP contribution in [-0.4, -0.2) is 24.3 Å². The zero-order chi connectivity index (χ0) is 14.9. The first-order valence-corrected chi connectivity index (χ1v) is 7.84. The summed E-state index contributed by atoms with van der Waals surface area (Å²) < 4.78 is 11.3. The van der Waals surface area contributed by atoms with Crippen LogP contribution in [0, 0.1) is 0 Å². The van der Waals surface area contributed by atoms with E-state index in [-0.39, 0.29) is 0 Å². The molecule has 1 N–H and O–H groups in total. The molecule has 5 heteroatoms. The second-order valence-electron chi connectivity index (χ2n) is 5.78. The van der Waals surface area contributed by atoms with E-state index in [0.717, 1.165) is 31.2 Å². The molecule has 0 bridgehead atoms. The summed E-state index contributed by atoms with van der Waals surface area (Å²) in [4.78, 5) is 11.9. The van der Waals surface area contributed by atoms with Gasteiger partial charge in [0.15, 0.2) is 11.5 Å². The molecule has 1 aromatic rings. The molecule has 1 saturated carbocycles. The van der Waals surface area contributed by atoms with Gasteiger partial charge < -0.3 is 14.6 Å². The van der Waals surface area contributed by atoms with E-state index >= 15 is 0 Å². The maximum Gasteiger partial charge on any atom is 0.314 e. The summed E-state index contributed by atoms with van der Waals surface area (Å²) in [5.41, 5.74) is -0.101. The molecular formula is C16H19ClO4. The SMILES string of the molecule is O=C(O)C1(c2cc(Cl)c3c(c2)OCCCO3)CCCCC1. The second-order valence-corrected chi connectivity index (χ2v) is 6.19. The summed E-state index contributed by atoms with van der Waals surface area (Å²) in [5, 5.41) is 10.2. The van der Waals surface area contributed by atoms with Gasteiger partial charge in [-0.05, 0) is 30.5 Å². The van der Waals surface area contributed by atoms with E-state index in [0.29, 0.717) is 42.6 Å². The van der Waals surface area contributed by atoms with Crippen LogP contribution in [0.5, 0.6) is 11.5 Å². The zero-order valence-electron chi connectivity index (χ0n) is 11.9. The topological polar surface area (TPSA) is 55.8 Å². The van der Waals surface area contributed by atoms with Crippen LogP contribution in [0.2, 0.25) is 5.02 Å². The molecular weight excluding hydrogens is 292 g/mol. The van der Waals surface area contributed by atoms with E-state index in [1.807, 2.05) is 6.07 Å². The van der Waals surface area contributed by atoms with Crippen molar-refractivity contribution in [2.45, 2.75) is 43.9 Å². The van der Waals surface area contributed by atoms with Gasteiger partial charge in [-0.15, -0.1) is 0 Å². The Bertz CT molecular complexity index is 549. The van der Waals surface area contributed by atoms with Crippen molar-refractivity contribution in [3.63, 3.8) is 0 Å². The number of hydrogen-bond acceptors (Lipinski definition) is 3. The smallest absolute Gasteiger partial charge is 0.314 e. The molecule has 0 aromatic heterocycles. The summed E-state index contributed by atoms with van der Waals surface area (Å²) >= 11 is 6.31. The minimum absolute atomic E-state index is 0.440. The lowest BCUT2D eigenvalue weighted by molar-refractivity contribution is -0.145. The lowest BCUT2D eigenvalue weighted by Crippen LogP contribution is -2.37. The van der Waals surface area contributed by atoms with Crippen LogP contribution in [0.1, 0.15) is 44.1 Å². The summed E-state index contributed by atoms with van der Waals surface area (Å²) in [6.45, 7) is 1.13. The molecule has 0 amide bonds. The molecule has 1 aromatic carbocycles. The van der Waals surface area contributed by atoms with E-state index in [1.54, 1.807) is 6.07 Å². The summed E-state index contributed by atoms with van der Waals surface area (Å²) in [7, 11) is 0. The van der Waals surface area contributed by atoms with E-state index in [1.165, 1.54) is 0 Å². The van der Waals surface area contributed by atoms with Crippen LogP contribution >= 0.6 is 11.6 Å². The van der Waals surface area contributed by atoms with Gasteiger partial charge in [0.2, 0.25) is 0 Å². The maximum absolute atomic E-state index is 11.9. The molecule has 21 heavy (non-hydrogen) atoms. The predicted molar refractivity (Wildman–Crippen MR) is 79.5 cm³/mol. The van der Waals surface area contributed by atoms with Crippen molar-refractivity contribution in [1.82, 2.24) is 0 Å². The number of halogens is 1. The van der Waals surface area contributed by atoms with Crippen molar-refractivity contribution >= 4 is 17.6 Å². The molecule has 1 heterocycles. The normalized spacial score (nSPS) is 20.6. The van der Waals surface area contributed by atoms with Gasteiger partial charge in [-0.25, -0.2) is 0 Å². The summed E-state index contributed by atoms with van der Waals surface area (Å²) in [6.07, 6.45) is 5.05. The van der Waals surface area contributed by atoms with Gasteiger partial charge in [-0.3, -0.25) is 4.79 Å². The number of carboxylic acids is 1. The fourth-order valence-corrected chi connectivity index (χ4v) is 3.55. The third-order valence-electron chi connectivity index (χ3n) is 4.47. The Morgan fingerprint density at radius 3 is 2.52 bits per heavy atom. The Morgan fingerprint density at radius 1 is 1.10 bits per heavy atom. The number of aliphatic carboxylic acids is 1. The fourth-order valence-electron chi connectivity index (χ4n) is 3.29. The first-order chi connectivity index (χ1) is 10.1. The van der Waals surface area contributed by atoms with Crippen LogP contribution in [0.15, 0.2) is 12.1 Å². The number of carboxylic acid groups (broad SMARTS) is 1. The summed E-state index contributed by atoms with van der Waals surface area (Å²) in [5.74, 6) is 0.336. The van der Waals surface area contributed by atoms with Gasteiger partial charge in [-0.1, -0.05) is 30.9 Å². The van der Waals surface area contributed by atoms with Crippen LogP contribution in [-0.2, 0) is 10.2 Å².